The summed E-state index contributed by atoms with van der Waals surface area (Å²) in [5, 5.41) is 1.14. The van der Waals surface area contributed by atoms with E-state index in [2.05, 4.69) is 9.97 Å². The highest BCUT2D eigenvalue weighted by atomic mass is 35.5. The van der Waals surface area contributed by atoms with Gasteiger partial charge in [0.1, 0.15) is 27.2 Å². The Balaban J connectivity index is 2.27. The molecule has 3 aromatic rings. The van der Waals surface area contributed by atoms with Crippen molar-refractivity contribution in [2.24, 2.45) is 0 Å². The van der Waals surface area contributed by atoms with E-state index >= 15 is 0 Å². The smallest absolute Gasteiger partial charge is 0.269 e. The van der Waals surface area contributed by atoms with Crippen LogP contribution in [0.3, 0.4) is 0 Å². The first-order valence-corrected chi connectivity index (χ1v) is 6.44. The quantitative estimate of drug-likeness (QED) is 0.698. The van der Waals surface area contributed by atoms with Crippen LogP contribution in [0.4, 0.5) is 8.78 Å². The van der Waals surface area contributed by atoms with Gasteiger partial charge in [0, 0.05) is 5.56 Å². The zero-order valence-corrected chi connectivity index (χ0v) is 10.8. The van der Waals surface area contributed by atoms with Crippen molar-refractivity contribution in [3.63, 3.8) is 0 Å². The number of rotatable bonds is 1. The highest BCUT2D eigenvalue weighted by Gasteiger charge is 2.13. The maximum Gasteiger partial charge on any atom is 0.269 e. The number of nitrogens with zero attached hydrogens (tertiary/aromatic N) is 1. The topological polar surface area (TPSA) is 45.8 Å². The molecule has 2 heterocycles. The Morgan fingerprint density at radius 2 is 1.95 bits per heavy atom. The summed E-state index contributed by atoms with van der Waals surface area (Å²) in [6.45, 7) is 0. The van der Waals surface area contributed by atoms with Gasteiger partial charge in [0.05, 0.1) is 5.52 Å². The van der Waals surface area contributed by atoms with E-state index in [1.807, 2.05) is 0 Å². The van der Waals surface area contributed by atoms with Gasteiger partial charge < -0.3 is 4.98 Å². The third-order valence-corrected chi connectivity index (χ3v) is 3.84. The molecule has 1 aromatic carbocycles. The van der Waals surface area contributed by atoms with E-state index in [1.54, 1.807) is 11.4 Å². The lowest BCUT2D eigenvalue weighted by Gasteiger charge is -2.03. The van der Waals surface area contributed by atoms with Gasteiger partial charge >= 0.3 is 0 Å². The summed E-state index contributed by atoms with van der Waals surface area (Å²) in [4.78, 5) is 18.4. The molecule has 3 nitrogen and oxygen atoms in total. The van der Waals surface area contributed by atoms with Gasteiger partial charge in [-0.25, -0.2) is 13.8 Å². The molecule has 0 amide bonds. The van der Waals surface area contributed by atoms with E-state index in [9.17, 15) is 13.6 Å². The van der Waals surface area contributed by atoms with E-state index in [0.29, 0.717) is 10.2 Å². The van der Waals surface area contributed by atoms with E-state index < -0.39 is 16.7 Å². The second kappa shape index (κ2) is 4.40. The van der Waals surface area contributed by atoms with E-state index in [0.717, 1.165) is 12.1 Å². The van der Waals surface area contributed by atoms with Crippen molar-refractivity contribution in [1.29, 1.82) is 0 Å². The predicted octanol–water partition coefficient (Wildman–Crippen LogP) is 3.58. The van der Waals surface area contributed by atoms with Gasteiger partial charge in [-0.05, 0) is 23.6 Å². The van der Waals surface area contributed by atoms with Gasteiger partial charge in [-0.15, -0.1) is 11.3 Å². The zero-order valence-electron chi connectivity index (χ0n) is 9.21. The normalized spacial score (nSPS) is 11.1. The average molecular weight is 299 g/mol. The number of aromatic amines is 1. The Bertz CT molecular complexity index is 820. The van der Waals surface area contributed by atoms with Gasteiger partial charge in [0.2, 0.25) is 0 Å². The lowest BCUT2D eigenvalue weighted by molar-refractivity contribution is 0.584. The van der Waals surface area contributed by atoms with Crippen LogP contribution in [0.2, 0.25) is 5.02 Å². The summed E-state index contributed by atoms with van der Waals surface area (Å²) >= 11 is 6.66. The van der Waals surface area contributed by atoms with Gasteiger partial charge in [-0.2, -0.15) is 0 Å². The number of hydrogen-bond acceptors (Lipinski definition) is 3. The summed E-state index contributed by atoms with van der Waals surface area (Å²) < 4.78 is 27.3. The first-order valence-electron chi connectivity index (χ1n) is 5.18. The van der Waals surface area contributed by atoms with Crippen molar-refractivity contribution in [2.75, 3.05) is 0 Å². The van der Waals surface area contributed by atoms with E-state index in [-0.39, 0.29) is 16.9 Å². The Hall–Kier alpha value is -1.79. The fourth-order valence-corrected chi connectivity index (χ4v) is 2.54. The number of thiophene rings is 1. The minimum atomic E-state index is -0.898. The van der Waals surface area contributed by atoms with Crippen LogP contribution < -0.4 is 5.56 Å². The molecule has 0 fully saturated rings. The molecule has 3 rings (SSSR count). The molecular weight excluding hydrogens is 294 g/mol. The standard InChI is InChI=1S/C12H5ClF2N2OS/c13-9-6(14)3-5(4-7(9)15)11-16-8-1-2-19-10(8)12(18)17-11/h1-4H,(H,16,17,18). The van der Waals surface area contributed by atoms with Crippen molar-refractivity contribution < 1.29 is 8.78 Å². The van der Waals surface area contributed by atoms with Crippen LogP contribution in [0.1, 0.15) is 0 Å². The molecule has 0 spiro atoms. The van der Waals surface area contributed by atoms with E-state index in [1.165, 1.54) is 11.3 Å². The SMILES string of the molecule is O=c1[nH]c(-c2cc(F)c(Cl)c(F)c2)nc2ccsc12. The Morgan fingerprint density at radius 3 is 2.63 bits per heavy atom. The van der Waals surface area contributed by atoms with Gasteiger partial charge in [0.15, 0.2) is 0 Å². The number of H-pyrrole nitrogens is 1. The fourth-order valence-electron chi connectivity index (χ4n) is 1.70. The monoisotopic (exact) mass is 298 g/mol. The van der Waals surface area contributed by atoms with Gasteiger partial charge in [0.25, 0.3) is 5.56 Å². The molecule has 1 N–H and O–H groups in total. The lowest BCUT2D eigenvalue weighted by atomic mass is 10.2. The third kappa shape index (κ3) is 2.02. The molecule has 96 valence electrons. The fraction of sp³-hybridized carbons (Fsp3) is 0. The molecule has 0 aliphatic carbocycles. The summed E-state index contributed by atoms with van der Waals surface area (Å²) in [5.41, 5.74) is 0.273. The van der Waals surface area contributed by atoms with Crippen molar-refractivity contribution in [3.05, 3.63) is 50.6 Å². The maximum atomic E-state index is 13.4. The summed E-state index contributed by atoms with van der Waals surface area (Å²) in [7, 11) is 0. The van der Waals surface area contributed by atoms with Crippen LogP contribution in [-0.2, 0) is 0 Å². The van der Waals surface area contributed by atoms with Crippen molar-refractivity contribution >= 4 is 33.2 Å². The second-order valence-corrected chi connectivity index (χ2v) is 5.10. The van der Waals surface area contributed by atoms with Crippen LogP contribution in [-0.4, -0.2) is 9.97 Å². The molecule has 0 saturated heterocycles. The first kappa shape index (κ1) is 12.3. The molecular formula is C12H5ClF2N2OS. The number of halogens is 3. The molecule has 0 aliphatic rings. The van der Waals surface area contributed by atoms with Gasteiger partial charge in [-0.1, -0.05) is 11.6 Å². The highest BCUT2D eigenvalue weighted by Crippen LogP contribution is 2.26. The summed E-state index contributed by atoms with van der Waals surface area (Å²) in [6.07, 6.45) is 0. The highest BCUT2D eigenvalue weighted by molar-refractivity contribution is 7.17. The molecule has 0 radical (unpaired) electrons. The first-order chi connectivity index (χ1) is 9.06. The largest absolute Gasteiger partial charge is 0.305 e. The molecule has 19 heavy (non-hydrogen) atoms. The molecule has 0 unspecified atom stereocenters. The molecule has 0 saturated carbocycles. The molecule has 0 aliphatic heterocycles. The summed E-state index contributed by atoms with van der Waals surface area (Å²) in [5.74, 6) is -1.69. The van der Waals surface area contributed by atoms with Crippen LogP contribution in [0.5, 0.6) is 0 Å². The minimum absolute atomic E-state index is 0.102. The van der Waals surface area contributed by atoms with Crippen molar-refractivity contribution in [3.8, 4) is 11.4 Å². The zero-order chi connectivity index (χ0) is 13.6. The Kier molecular flexibility index (Phi) is 2.83. The molecule has 0 bridgehead atoms. The van der Waals surface area contributed by atoms with Crippen molar-refractivity contribution in [1.82, 2.24) is 9.97 Å². The predicted molar refractivity (Wildman–Crippen MR) is 70.6 cm³/mol. The Morgan fingerprint density at radius 1 is 1.26 bits per heavy atom. The minimum Gasteiger partial charge on any atom is -0.305 e. The summed E-state index contributed by atoms with van der Waals surface area (Å²) in [6, 6.07) is 3.73. The second-order valence-electron chi connectivity index (χ2n) is 3.80. The molecule has 0 atom stereocenters. The van der Waals surface area contributed by atoms with Crippen LogP contribution in [0, 0.1) is 11.6 Å². The third-order valence-electron chi connectivity index (χ3n) is 2.57. The lowest BCUT2D eigenvalue weighted by Crippen LogP contribution is -2.07. The van der Waals surface area contributed by atoms with Gasteiger partial charge in [-0.3, -0.25) is 4.79 Å². The van der Waals surface area contributed by atoms with Crippen molar-refractivity contribution in [2.45, 2.75) is 0 Å². The van der Waals surface area contributed by atoms with E-state index in [4.69, 9.17) is 11.6 Å². The maximum absolute atomic E-state index is 13.4. The molecule has 2 aromatic heterocycles. The average Bonchev–Trinajstić information content (AvgIpc) is 2.84. The number of hydrogen-bond donors (Lipinski definition) is 1. The number of fused-ring (bicyclic) bond motifs is 1. The number of benzene rings is 1. The molecule has 7 heteroatoms. The van der Waals surface area contributed by atoms with Crippen LogP contribution >= 0.6 is 22.9 Å². The van der Waals surface area contributed by atoms with Crippen LogP contribution in [0.15, 0.2) is 28.4 Å². The number of aromatic nitrogens is 2. The number of nitrogens with one attached hydrogen (secondary N) is 1. The Labute approximate surface area is 114 Å². The van der Waals surface area contributed by atoms with Crippen LogP contribution in [0.25, 0.3) is 21.6 Å².